The van der Waals surface area contributed by atoms with Gasteiger partial charge in [-0.1, -0.05) is 13.0 Å². The van der Waals surface area contributed by atoms with E-state index in [0.717, 1.165) is 30.6 Å². The Balaban J connectivity index is 1.69. The number of likely N-dealkylation sites (tertiary alicyclic amines) is 1. The molecule has 2 aromatic heterocycles. The minimum absolute atomic E-state index is 0.0546. The molecule has 7 heteroatoms. The van der Waals surface area contributed by atoms with E-state index in [2.05, 4.69) is 10.3 Å². The molecule has 1 aromatic carbocycles. The average Bonchev–Trinajstić information content (AvgIpc) is 2.79. The maximum absolute atomic E-state index is 13.6. The molecule has 1 fully saturated rings. The number of hydrogen-bond acceptors (Lipinski definition) is 5. The first-order chi connectivity index (χ1) is 14.6. The van der Waals surface area contributed by atoms with Gasteiger partial charge in [-0.25, -0.2) is 14.4 Å². The Kier molecular flexibility index (Phi) is 5.97. The number of carbonyl (C=O) groups is 1. The van der Waals surface area contributed by atoms with Crippen molar-refractivity contribution in [2.75, 3.05) is 18.4 Å². The van der Waals surface area contributed by atoms with Gasteiger partial charge in [0.05, 0.1) is 5.69 Å². The molecule has 1 N–H and O–H groups in total. The summed E-state index contributed by atoms with van der Waals surface area (Å²) in [5.74, 6) is 1.16. The minimum atomic E-state index is -0.317. The van der Waals surface area contributed by atoms with E-state index >= 15 is 0 Å². The molecule has 0 unspecified atom stereocenters. The second-order valence-corrected chi connectivity index (χ2v) is 7.41. The van der Waals surface area contributed by atoms with Gasteiger partial charge in [0.15, 0.2) is 0 Å². The summed E-state index contributed by atoms with van der Waals surface area (Å²) in [4.78, 5) is 27.8. The van der Waals surface area contributed by atoms with E-state index in [0.29, 0.717) is 30.3 Å². The highest BCUT2D eigenvalue weighted by Gasteiger charge is 2.26. The molecule has 0 aliphatic carbocycles. The maximum Gasteiger partial charge on any atom is 0.222 e. The summed E-state index contributed by atoms with van der Waals surface area (Å²) in [6, 6.07) is 11.9. The first-order valence-electron chi connectivity index (χ1n) is 10.2. The zero-order valence-electron chi connectivity index (χ0n) is 16.9. The number of carbonyl (C=O) groups excluding carboxylic acids is 1. The molecule has 4 rings (SSSR count). The lowest BCUT2D eigenvalue weighted by Crippen LogP contribution is -2.39. The standard InChI is InChI=1S/C23H24FN5O/c1-2-22(30)29-11-5-7-17(15-29)23-27-20(16-6-4-10-25-14-16)13-21(28-23)26-19-9-3-8-18(24)12-19/h3-4,6,8-10,12-14,17H,2,5,7,11,15H2,1H3,(H,26,27,28)/t17-/m1/s1. The number of piperidine rings is 1. The summed E-state index contributed by atoms with van der Waals surface area (Å²) in [7, 11) is 0. The lowest BCUT2D eigenvalue weighted by atomic mass is 9.96. The monoisotopic (exact) mass is 405 g/mol. The number of anilines is 2. The van der Waals surface area contributed by atoms with Crippen molar-refractivity contribution in [3.05, 3.63) is 66.5 Å². The van der Waals surface area contributed by atoms with Crippen LogP contribution in [0.25, 0.3) is 11.3 Å². The van der Waals surface area contributed by atoms with E-state index < -0.39 is 0 Å². The number of aromatic nitrogens is 3. The summed E-state index contributed by atoms with van der Waals surface area (Å²) in [6.07, 6.45) is 5.81. The minimum Gasteiger partial charge on any atom is -0.342 e. The molecule has 6 nitrogen and oxygen atoms in total. The Morgan fingerprint density at radius 1 is 1.23 bits per heavy atom. The van der Waals surface area contributed by atoms with Crippen molar-refractivity contribution in [1.82, 2.24) is 19.9 Å². The zero-order valence-corrected chi connectivity index (χ0v) is 16.9. The molecule has 1 atom stereocenters. The van der Waals surface area contributed by atoms with Crippen LogP contribution < -0.4 is 5.32 Å². The molecule has 0 radical (unpaired) electrons. The van der Waals surface area contributed by atoms with Crippen molar-refractivity contribution in [3.8, 4) is 11.3 Å². The maximum atomic E-state index is 13.6. The van der Waals surface area contributed by atoms with Gasteiger partial charge in [0.2, 0.25) is 5.91 Å². The molecule has 1 aliphatic heterocycles. The van der Waals surface area contributed by atoms with Crippen LogP contribution in [0, 0.1) is 5.82 Å². The summed E-state index contributed by atoms with van der Waals surface area (Å²) in [5.41, 5.74) is 2.23. The lowest BCUT2D eigenvalue weighted by Gasteiger charge is -2.32. The quantitative estimate of drug-likeness (QED) is 0.675. The third-order valence-corrected chi connectivity index (χ3v) is 5.24. The number of nitrogens with one attached hydrogen (secondary N) is 1. The van der Waals surface area contributed by atoms with Gasteiger partial charge in [-0.15, -0.1) is 0 Å². The second kappa shape index (κ2) is 8.98. The molecule has 1 amide bonds. The van der Waals surface area contributed by atoms with E-state index in [9.17, 15) is 9.18 Å². The number of rotatable bonds is 5. The van der Waals surface area contributed by atoms with Crippen molar-refractivity contribution in [3.63, 3.8) is 0 Å². The molecule has 3 heterocycles. The topological polar surface area (TPSA) is 71.0 Å². The van der Waals surface area contributed by atoms with Gasteiger partial charge < -0.3 is 10.2 Å². The molecule has 154 valence electrons. The Hall–Kier alpha value is -3.35. The Labute approximate surface area is 175 Å². The molecule has 1 saturated heterocycles. The highest BCUT2D eigenvalue weighted by Crippen LogP contribution is 2.29. The predicted octanol–water partition coefficient (Wildman–Crippen LogP) is 4.54. The number of amides is 1. The predicted molar refractivity (Wildman–Crippen MR) is 114 cm³/mol. The van der Waals surface area contributed by atoms with Crippen molar-refractivity contribution in [1.29, 1.82) is 0 Å². The van der Waals surface area contributed by atoms with Crippen molar-refractivity contribution in [2.45, 2.75) is 32.1 Å². The fraction of sp³-hybridized carbons (Fsp3) is 0.304. The Bertz CT molecular complexity index is 1030. The molecule has 0 spiro atoms. The van der Waals surface area contributed by atoms with E-state index in [1.165, 1.54) is 12.1 Å². The van der Waals surface area contributed by atoms with Crippen LogP contribution >= 0.6 is 0 Å². The third-order valence-electron chi connectivity index (χ3n) is 5.24. The second-order valence-electron chi connectivity index (χ2n) is 7.41. The van der Waals surface area contributed by atoms with Crippen LogP contribution in [-0.4, -0.2) is 38.8 Å². The van der Waals surface area contributed by atoms with Gasteiger partial charge in [0.1, 0.15) is 17.5 Å². The van der Waals surface area contributed by atoms with Crippen LogP contribution in [0.15, 0.2) is 54.9 Å². The van der Waals surface area contributed by atoms with E-state index in [1.54, 1.807) is 24.5 Å². The molecule has 1 aliphatic rings. The molecular weight excluding hydrogens is 381 g/mol. The highest BCUT2D eigenvalue weighted by molar-refractivity contribution is 5.76. The summed E-state index contributed by atoms with van der Waals surface area (Å²) < 4.78 is 13.6. The number of benzene rings is 1. The van der Waals surface area contributed by atoms with Gasteiger partial charge >= 0.3 is 0 Å². The first-order valence-corrected chi connectivity index (χ1v) is 10.2. The number of pyridine rings is 1. The van der Waals surface area contributed by atoms with Gasteiger partial charge in [-0.2, -0.15) is 0 Å². The summed E-state index contributed by atoms with van der Waals surface area (Å²) in [6.45, 7) is 3.27. The Morgan fingerprint density at radius 2 is 2.13 bits per heavy atom. The van der Waals surface area contributed by atoms with Crippen molar-refractivity contribution in [2.24, 2.45) is 0 Å². The number of hydrogen-bond donors (Lipinski definition) is 1. The van der Waals surface area contributed by atoms with Crippen LogP contribution in [0.1, 0.15) is 37.9 Å². The zero-order chi connectivity index (χ0) is 20.9. The highest BCUT2D eigenvalue weighted by atomic mass is 19.1. The third kappa shape index (κ3) is 4.62. The fourth-order valence-corrected chi connectivity index (χ4v) is 3.73. The molecule has 3 aromatic rings. The number of nitrogens with zero attached hydrogens (tertiary/aromatic N) is 4. The van der Waals surface area contributed by atoms with E-state index in [4.69, 9.17) is 9.97 Å². The average molecular weight is 405 g/mol. The van der Waals surface area contributed by atoms with Gasteiger partial charge in [0.25, 0.3) is 0 Å². The Morgan fingerprint density at radius 3 is 2.90 bits per heavy atom. The first kappa shape index (κ1) is 19.9. The summed E-state index contributed by atoms with van der Waals surface area (Å²) in [5, 5.41) is 3.19. The van der Waals surface area contributed by atoms with Crippen molar-refractivity contribution >= 4 is 17.4 Å². The SMILES string of the molecule is CCC(=O)N1CCC[C@@H](c2nc(Nc3cccc(F)c3)cc(-c3cccnc3)n2)C1. The molecule has 0 saturated carbocycles. The van der Waals surface area contributed by atoms with Crippen LogP contribution in [0.5, 0.6) is 0 Å². The lowest BCUT2D eigenvalue weighted by molar-refractivity contribution is -0.132. The van der Waals surface area contributed by atoms with Gasteiger partial charge in [-0.3, -0.25) is 9.78 Å². The van der Waals surface area contributed by atoms with E-state index in [-0.39, 0.29) is 17.6 Å². The molecular formula is C23H24FN5O. The fourth-order valence-electron chi connectivity index (χ4n) is 3.73. The van der Waals surface area contributed by atoms with E-state index in [1.807, 2.05) is 30.0 Å². The van der Waals surface area contributed by atoms with Crippen LogP contribution in [0.3, 0.4) is 0 Å². The summed E-state index contributed by atoms with van der Waals surface area (Å²) >= 11 is 0. The largest absolute Gasteiger partial charge is 0.342 e. The van der Waals surface area contributed by atoms with Crippen molar-refractivity contribution < 1.29 is 9.18 Å². The number of halogens is 1. The normalized spacial score (nSPS) is 16.3. The van der Waals surface area contributed by atoms with Gasteiger partial charge in [-0.05, 0) is 43.2 Å². The molecule has 30 heavy (non-hydrogen) atoms. The van der Waals surface area contributed by atoms with Crippen LogP contribution in [-0.2, 0) is 4.79 Å². The van der Waals surface area contributed by atoms with Crippen LogP contribution in [0.2, 0.25) is 0 Å². The molecule has 0 bridgehead atoms. The smallest absolute Gasteiger partial charge is 0.222 e. The van der Waals surface area contributed by atoms with Gasteiger partial charge in [0, 0.05) is 55.1 Å². The van der Waals surface area contributed by atoms with Crippen LogP contribution in [0.4, 0.5) is 15.9 Å².